The zero-order chi connectivity index (χ0) is 14.4. The van der Waals surface area contributed by atoms with Gasteiger partial charge in [0.25, 0.3) is 0 Å². The molecule has 0 aliphatic heterocycles. The Hall–Kier alpha value is -1.82. The van der Waals surface area contributed by atoms with Gasteiger partial charge in [-0.15, -0.1) is 0 Å². The molecule has 0 aliphatic rings. The second-order valence-electron chi connectivity index (χ2n) is 4.35. The highest BCUT2D eigenvalue weighted by atomic mass is 19.1. The molecule has 1 aromatic rings. The SMILES string of the molecule is CC(C)[C@@H](/C=C/[N+](=O)[O-])OCc1c(F)cccc1F. The van der Waals surface area contributed by atoms with Gasteiger partial charge in [-0.25, -0.2) is 8.78 Å². The van der Waals surface area contributed by atoms with Crippen molar-refractivity contribution >= 4 is 0 Å². The fourth-order valence-corrected chi connectivity index (χ4v) is 1.48. The van der Waals surface area contributed by atoms with E-state index in [-0.39, 0.29) is 18.1 Å². The molecule has 0 N–H and O–H groups in total. The third-order valence-electron chi connectivity index (χ3n) is 2.54. The summed E-state index contributed by atoms with van der Waals surface area (Å²) in [5.41, 5.74) is -0.178. The maximum absolute atomic E-state index is 13.4. The van der Waals surface area contributed by atoms with Gasteiger partial charge in [0.2, 0.25) is 6.20 Å². The molecule has 0 aromatic heterocycles. The standard InChI is InChI=1S/C13H15F2NO3/c1-9(2)13(6-7-16(17)18)19-8-10-11(14)4-3-5-12(10)15/h3-7,9,13H,8H2,1-2H3/b7-6+/t13-/m1/s1. The highest BCUT2D eigenvalue weighted by molar-refractivity contribution is 5.18. The van der Waals surface area contributed by atoms with Crippen LogP contribution in [0.15, 0.2) is 30.5 Å². The Balaban J connectivity index is 2.74. The van der Waals surface area contributed by atoms with Gasteiger partial charge in [0.1, 0.15) is 11.6 Å². The van der Waals surface area contributed by atoms with Crippen LogP contribution in [0.3, 0.4) is 0 Å². The number of benzene rings is 1. The number of hydrogen-bond acceptors (Lipinski definition) is 3. The molecule has 0 spiro atoms. The highest BCUT2D eigenvalue weighted by Gasteiger charge is 2.15. The third-order valence-corrected chi connectivity index (χ3v) is 2.54. The van der Waals surface area contributed by atoms with Crippen LogP contribution in [0.2, 0.25) is 0 Å². The van der Waals surface area contributed by atoms with Gasteiger partial charge in [-0.3, -0.25) is 10.1 Å². The predicted octanol–water partition coefficient (Wildman–Crippen LogP) is 3.30. The first-order valence-corrected chi connectivity index (χ1v) is 5.78. The van der Waals surface area contributed by atoms with Crippen molar-refractivity contribution in [3.63, 3.8) is 0 Å². The van der Waals surface area contributed by atoms with E-state index >= 15 is 0 Å². The van der Waals surface area contributed by atoms with E-state index in [2.05, 4.69) is 0 Å². The van der Waals surface area contributed by atoms with Crippen molar-refractivity contribution in [1.29, 1.82) is 0 Å². The molecular weight excluding hydrogens is 256 g/mol. The average molecular weight is 271 g/mol. The van der Waals surface area contributed by atoms with Crippen LogP contribution in [-0.4, -0.2) is 11.0 Å². The van der Waals surface area contributed by atoms with Gasteiger partial charge in [-0.2, -0.15) is 0 Å². The minimum absolute atomic E-state index is 0.0500. The highest BCUT2D eigenvalue weighted by Crippen LogP contribution is 2.16. The van der Waals surface area contributed by atoms with Crippen molar-refractivity contribution in [3.8, 4) is 0 Å². The van der Waals surface area contributed by atoms with Gasteiger partial charge >= 0.3 is 0 Å². The van der Waals surface area contributed by atoms with E-state index in [1.165, 1.54) is 12.1 Å². The summed E-state index contributed by atoms with van der Waals surface area (Å²) < 4.78 is 32.1. The van der Waals surface area contributed by atoms with E-state index in [0.29, 0.717) is 0 Å². The van der Waals surface area contributed by atoms with Gasteiger partial charge in [0.15, 0.2) is 0 Å². The molecule has 0 radical (unpaired) electrons. The summed E-state index contributed by atoms with van der Waals surface area (Å²) in [4.78, 5) is 9.64. The number of rotatable bonds is 6. The molecule has 6 heteroatoms. The Morgan fingerprint density at radius 2 is 1.95 bits per heavy atom. The molecular formula is C13H15F2NO3. The Kier molecular flexibility index (Phi) is 5.57. The molecule has 4 nitrogen and oxygen atoms in total. The molecule has 0 saturated heterocycles. The smallest absolute Gasteiger partial charge is 0.233 e. The molecule has 1 atom stereocenters. The van der Waals surface area contributed by atoms with Crippen LogP contribution in [0, 0.1) is 27.7 Å². The average Bonchev–Trinajstić information content (AvgIpc) is 2.31. The molecule has 0 unspecified atom stereocenters. The first kappa shape index (κ1) is 15.2. The summed E-state index contributed by atoms with van der Waals surface area (Å²) in [5.74, 6) is -1.44. The molecule has 1 aromatic carbocycles. The number of hydrogen-bond donors (Lipinski definition) is 0. The van der Waals surface area contributed by atoms with Crippen molar-refractivity contribution in [1.82, 2.24) is 0 Å². The molecule has 0 saturated carbocycles. The zero-order valence-corrected chi connectivity index (χ0v) is 10.7. The molecule has 1 rings (SSSR count). The Morgan fingerprint density at radius 1 is 1.37 bits per heavy atom. The second-order valence-corrected chi connectivity index (χ2v) is 4.35. The van der Waals surface area contributed by atoms with Crippen LogP contribution >= 0.6 is 0 Å². The second kappa shape index (κ2) is 6.94. The predicted molar refractivity (Wildman–Crippen MR) is 65.9 cm³/mol. The summed E-state index contributed by atoms with van der Waals surface area (Å²) in [6, 6.07) is 3.54. The molecule has 19 heavy (non-hydrogen) atoms. The summed E-state index contributed by atoms with van der Waals surface area (Å²) in [6.45, 7) is 3.32. The minimum Gasteiger partial charge on any atom is -0.369 e. The van der Waals surface area contributed by atoms with Gasteiger partial charge in [0.05, 0.1) is 17.6 Å². The van der Waals surface area contributed by atoms with Crippen LogP contribution in [0.4, 0.5) is 8.78 Å². The van der Waals surface area contributed by atoms with E-state index in [1.807, 2.05) is 0 Å². The van der Waals surface area contributed by atoms with E-state index in [9.17, 15) is 18.9 Å². The van der Waals surface area contributed by atoms with Gasteiger partial charge in [-0.1, -0.05) is 19.9 Å². The maximum Gasteiger partial charge on any atom is 0.233 e. The van der Waals surface area contributed by atoms with E-state index in [4.69, 9.17) is 4.74 Å². The van der Waals surface area contributed by atoms with Crippen molar-refractivity contribution < 1.29 is 18.4 Å². The van der Waals surface area contributed by atoms with E-state index in [1.54, 1.807) is 13.8 Å². The van der Waals surface area contributed by atoms with E-state index < -0.39 is 22.7 Å². The summed E-state index contributed by atoms with van der Waals surface area (Å²) in [7, 11) is 0. The van der Waals surface area contributed by atoms with Crippen LogP contribution in [0.1, 0.15) is 19.4 Å². The number of halogens is 2. The van der Waals surface area contributed by atoms with Crippen LogP contribution in [0.25, 0.3) is 0 Å². The van der Waals surface area contributed by atoms with E-state index in [0.717, 1.165) is 18.3 Å². The first-order valence-electron chi connectivity index (χ1n) is 5.78. The molecule has 104 valence electrons. The number of ether oxygens (including phenoxy) is 1. The monoisotopic (exact) mass is 271 g/mol. The molecule has 0 heterocycles. The lowest BCUT2D eigenvalue weighted by atomic mass is 10.1. The fourth-order valence-electron chi connectivity index (χ4n) is 1.48. The van der Waals surface area contributed by atoms with Crippen molar-refractivity contribution in [2.45, 2.75) is 26.6 Å². The normalized spacial score (nSPS) is 13.1. The van der Waals surface area contributed by atoms with Gasteiger partial charge in [-0.05, 0) is 18.1 Å². The summed E-state index contributed by atoms with van der Waals surface area (Å²) >= 11 is 0. The lowest BCUT2D eigenvalue weighted by Gasteiger charge is -2.17. The summed E-state index contributed by atoms with van der Waals surface area (Å²) in [5, 5.41) is 10.3. The van der Waals surface area contributed by atoms with Crippen LogP contribution < -0.4 is 0 Å². The Labute approximate surface area is 109 Å². The maximum atomic E-state index is 13.4. The lowest BCUT2D eigenvalue weighted by molar-refractivity contribution is -0.403. The van der Waals surface area contributed by atoms with Crippen molar-refractivity contribution in [2.75, 3.05) is 0 Å². The van der Waals surface area contributed by atoms with Gasteiger partial charge < -0.3 is 4.74 Å². The Morgan fingerprint density at radius 3 is 2.42 bits per heavy atom. The Bertz CT molecular complexity index is 455. The van der Waals surface area contributed by atoms with Crippen LogP contribution in [0.5, 0.6) is 0 Å². The quantitative estimate of drug-likeness (QED) is 0.589. The topological polar surface area (TPSA) is 52.4 Å². The summed E-state index contributed by atoms with van der Waals surface area (Å²) in [6.07, 6.45) is 1.45. The van der Waals surface area contributed by atoms with Crippen molar-refractivity contribution in [2.24, 2.45) is 5.92 Å². The largest absolute Gasteiger partial charge is 0.369 e. The van der Waals surface area contributed by atoms with Crippen molar-refractivity contribution in [3.05, 3.63) is 57.8 Å². The molecule has 0 aliphatic carbocycles. The lowest BCUT2D eigenvalue weighted by Crippen LogP contribution is -2.18. The first-order chi connectivity index (χ1) is 8.91. The third kappa shape index (κ3) is 4.75. The van der Waals surface area contributed by atoms with Gasteiger partial charge in [0, 0.05) is 11.6 Å². The molecule has 0 amide bonds. The molecule has 0 fully saturated rings. The van der Waals surface area contributed by atoms with Crippen LogP contribution in [-0.2, 0) is 11.3 Å². The number of nitrogens with zero attached hydrogens (tertiary/aromatic N) is 1. The molecule has 0 bridgehead atoms. The number of nitro groups is 1. The minimum atomic E-state index is -0.694. The zero-order valence-electron chi connectivity index (χ0n) is 10.7. The fraction of sp³-hybridized carbons (Fsp3) is 0.385.